The van der Waals surface area contributed by atoms with Crippen LogP contribution in [0.5, 0.6) is 5.88 Å². The molecule has 4 heteroatoms. The van der Waals surface area contributed by atoms with Crippen molar-refractivity contribution in [2.75, 3.05) is 7.11 Å². The molecule has 0 bridgehead atoms. The van der Waals surface area contributed by atoms with Gasteiger partial charge in [0.1, 0.15) is 5.69 Å². The number of aromatic nitrogens is 2. The first-order valence-corrected chi connectivity index (χ1v) is 5.69. The van der Waals surface area contributed by atoms with Gasteiger partial charge in [-0.3, -0.25) is 4.98 Å². The zero-order chi connectivity index (χ0) is 11.1. The lowest BCUT2D eigenvalue weighted by Crippen LogP contribution is -2.03. The maximum atomic E-state index is 6.14. The number of halogens is 1. The molecule has 0 aromatic carbocycles. The summed E-state index contributed by atoms with van der Waals surface area (Å²) in [6, 6.07) is 0. The summed E-state index contributed by atoms with van der Waals surface area (Å²) in [5.41, 5.74) is 0.891. The first-order valence-electron chi connectivity index (χ1n) is 5.25. The summed E-state index contributed by atoms with van der Waals surface area (Å²) in [6.07, 6.45) is 7.22. The van der Waals surface area contributed by atoms with Crippen molar-refractivity contribution >= 4 is 11.6 Å². The van der Waals surface area contributed by atoms with Crippen molar-refractivity contribution in [3.05, 3.63) is 18.1 Å². The Morgan fingerprint density at radius 2 is 2.07 bits per heavy atom. The number of alkyl halides is 1. The molecule has 0 spiro atoms. The number of methoxy groups -OCH3 is 1. The number of ether oxygens (including phenoxy) is 1. The highest BCUT2D eigenvalue weighted by atomic mass is 35.5. The molecule has 1 atom stereocenters. The average molecular weight is 229 g/mol. The number of hydrogen-bond donors (Lipinski definition) is 0. The van der Waals surface area contributed by atoms with E-state index in [9.17, 15) is 0 Å². The van der Waals surface area contributed by atoms with Gasteiger partial charge in [0.15, 0.2) is 0 Å². The molecule has 1 aromatic rings. The van der Waals surface area contributed by atoms with E-state index in [1.54, 1.807) is 19.5 Å². The van der Waals surface area contributed by atoms with E-state index in [0.29, 0.717) is 5.88 Å². The minimum Gasteiger partial charge on any atom is -0.480 e. The molecule has 1 heterocycles. The van der Waals surface area contributed by atoms with Gasteiger partial charge in [-0.15, -0.1) is 11.6 Å². The monoisotopic (exact) mass is 228 g/mol. The van der Waals surface area contributed by atoms with Gasteiger partial charge in [-0.05, 0) is 19.3 Å². The van der Waals surface area contributed by atoms with Crippen molar-refractivity contribution in [1.29, 1.82) is 0 Å². The van der Waals surface area contributed by atoms with Crippen LogP contribution in [0, 0.1) is 0 Å². The van der Waals surface area contributed by atoms with Crippen molar-refractivity contribution in [2.24, 2.45) is 0 Å². The Morgan fingerprint density at radius 1 is 1.33 bits per heavy atom. The van der Waals surface area contributed by atoms with Crippen molar-refractivity contribution in [1.82, 2.24) is 9.97 Å². The van der Waals surface area contributed by atoms with E-state index >= 15 is 0 Å². The Morgan fingerprint density at radius 3 is 2.73 bits per heavy atom. The van der Waals surface area contributed by atoms with Crippen LogP contribution >= 0.6 is 11.6 Å². The summed E-state index contributed by atoms with van der Waals surface area (Å²) in [4.78, 5) is 8.33. The summed E-state index contributed by atoms with van der Waals surface area (Å²) in [5, 5.41) is 0.224. The topological polar surface area (TPSA) is 35.0 Å². The van der Waals surface area contributed by atoms with E-state index in [2.05, 4.69) is 16.9 Å². The Hall–Kier alpha value is -0.830. The predicted molar refractivity (Wildman–Crippen MR) is 61.5 cm³/mol. The van der Waals surface area contributed by atoms with Gasteiger partial charge in [0.2, 0.25) is 5.88 Å². The fourth-order valence-electron chi connectivity index (χ4n) is 1.45. The fraction of sp³-hybridized carbons (Fsp3) is 0.636. The second kappa shape index (κ2) is 6.62. The fourth-order valence-corrected chi connectivity index (χ4v) is 1.77. The summed E-state index contributed by atoms with van der Waals surface area (Å²) < 4.78 is 5.12. The van der Waals surface area contributed by atoms with Crippen LogP contribution in [-0.2, 0) is 6.42 Å². The van der Waals surface area contributed by atoms with Crippen LogP contribution < -0.4 is 4.74 Å². The number of nitrogens with zero attached hydrogens (tertiary/aromatic N) is 2. The van der Waals surface area contributed by atoms with Gasteiger partial charge in [-0.25, -0.2) is 4.98 Å². The predicted octanol–water partition coefficient (Wildman–Crippen LogP) is 2.83. The first kappa shape index (κ1) is 12.2. The molecule has 84 valence electrons. The molecule has 0 N–H and O–H groups in total. The van der Waals surface area contributed by atoms with E-state index in [1.807, 2.05) is 0 Å². The van der Waals surface area contributed by atoms with Crippen molar-refractivity contribution in [2.45, 2.75) is 38.0 Å². The molecular formula is C11H17ClN2O. The highest BCUT2D eigenvalue weighted by Crippen LogP contribution is 2.17. The van der Waals surface area contributed by atoms with Gasteiger partial charge < -0.3 is 4.74 Å². The molecule has 0 saturated carbocycles. The van der Waals surface area contributed by atoms with Crippen LogP contribution in [0.3, 0.4) is 0 Å². The minimum atomic E-state index is 0.224. The third-order valence-electron chi connectivity index (χ3n) is 2.23. The lowest BCUT2D eigenvalue weighted by atomic mass is 10.1. The molecule has 1 aromatic heterocycles. The summed E-state index contributed by atoms with van der Waals surface area (Å²) >= 11 is 6.14. The van der Waals surface area contributed by atoms with Gasteiger partial charge in [0.05, 0.1) is 7.11 Å². The molecule has 3 nitrogen and oxygen atoms in total. The van der Waals surface area contributed by atoms with Gasteiger partial charge in [0, 0.05) is 17.8 Å². The number of rotatable bonds is 6. The Labute approximate surface area is 95.8 Å². The maximum absolute atomic E-state index is 6.14. The highest BCUT2D eigenvalue weighted by molar-refractivity contribution is 6.20. The SMILES string of the molecule is CCCC(Cl)CCc1nccnc1OC. The smallest absolute Gasteiger partial charge is 0.235 e. The number of hydrogen-bond acceptors (Lipinski definition) is 3. The third-order valence-corrected chi connectivity index (χ3v) is 2.66. The third kappa shape index (κ3) is 4.04. The average Bonchev–Trinajstić information content (AvgIpc) is 2.27. The molecule has 0 radical (unpaired) electrons. The largest absolute Gasteiger partial charge is 0.480 e. The molecule has 1 unspecified atom stereocenters. The Kier molecular flexibility index (Phi) is 5.40. The van der Waals surface area contributed by atoms with E-state index < -0.39 is 0 Å². The van der Waals surface area contributed by atoms with Crippen LogP contribution in [0.4, 0.5) is 0 Å². The van der Waals surface area contributed by atoms with Crippen molar-refractivity contribution < 1.29 is 4.74 Å². The lowest BCUT2D eigenvalue weighted by Gasteiger charge is -2.08. The highest BCUT2D eigenvalue weighted by Gasteiger charge is 2.08. The molecular weight excluding hydrogens is 212 g/mol. The quantitative estimate of drug-likeness (QED) is 0.703. The second-order valence-corrected chi connectivity index (χ2v) is 4.05. The molecule has 0 amide bonds. The standard InChI is InChI=1S/C11H17ClN2O/c1-3-4-9(12)5-6-10-11(15-2)14-8-7-13-10/h7-9H,3-6H2,1-2H3. The van der Waals surface area contributed by atoms with E-state index in [4.69, 9.17) is 16.3 Å². The molecule has 0 aliphatic heterocycles. The van der Waals surface area contributed by atoms with Gasteiger partial charge in [0.25, 0.3) is 0 Å². The van der Waals surface area contributed by atoms with Crippen LogP contribution in [0.15, 0.2) is 12.4 Å². The van der Waals surface area contributed by atoms with Gasteiger partial charge in [-0.2, -0.15) is 0 Å². The van der Waals surface area contributed by atoms with Crippen LogP contribution in [0.2, 0.25) is 0 Å². The molecule has 0 fully saturated rings. The Balaban J connectivity index is 2.49. The van der Waals surface area contributed by atoms with Crippen LogP contribution in [0.25, 0.3) is 0 Å². The maximum Gasteiger partial charge on any atom is 0.235 e. The zero-order valence-corrected chi connectivity index (χ0v) is 10.00. The summed E-state index contributed by atoms with van der Waals surface area (Å²) in [6.45, 7) is 2.14. The van der Waals surface area contributed by atoms with E-state index in [1.165, 1.54) is 0 Å². The normalized spacial score (nSPS) is 12.5. The van der Waals surface area contributed by atoms with Crippen LogP contribution in [-0.4, -0.2) is 22.5 Å². The minimum absolute atomic E-state index is 0.224. The van der Waals surface area contributed by atoms with E-state index in [0.717, 1.165) is 31.4 Å². The first-order chi connectivity index (χ1) is 7.27. The molecule has 15 heavy (non-hydrogen) atoms. The lowest BCUT2D eigenvalue weighted by molar-refractivity contribution is 0.388. The van der Waals surface area contributed by atoms with Crippen LogP contribution in [0.1, 0.15) is 31.9 Å². The molecule has 0 aliphatic carbocycles. The summed E-state index contributed by atoms with van der Waals surface area (Å²) in [5.74, 6) is 0.609. The van der Waals surface area contributed by atoms with Gasteiger partial charge in [-0.1, -0.05) is 13.3 Å². The zero-order valence-electron chi connectivity index (χ0n) is 9.24. The van der Waals surface area contributed by atoms with Gasteiger partial charge >= 0.3 is 0 Å². The van der Waals surface area contributed by atoms with E-state index in [-0.39, 0.29) is 5.38 Å². The molecule has 0 aliphatic rings. The Bertz CT molecular complexity index is 294. The van der Waals surface area contributed by atoms with Crippen molar-refractivity contribution in [3.63, 3.8) is 0 Å². The molecule has 0 saturated heterocycles. The second-order valence-electron chi connectivity index (χ2n) is 3.44. The number of aryl methyl sites for hydroxylation is 1. The van der Waals surface area contributed by atoms with Crippen molar-refractivity contribution in [3.8, 4) is 5.88 Å². The molecule has 1 rings (SSSR count). The summed E-state index contributed by atoms with van der Waals surface area (Å²) in [7, 11) is 1.61.